The summed E-state index contributed by atoms with van der Waals surface area (Å²) in [6, 6.07) is 11.3. The first-order valence-corrected chi connectivity index (χ1v) is 9.42. The van der Waals surface area contributed by atoms with Crippen molar-refractivity contribution < 1.29 is 10.2 Å². The van der Waals surface area contributed by atoms with E-state index < -0.39 is 6.10 Å². The zero-order valence-electron chi connectivity index (χ0n) is 15.9. The van der Waals surface area contributed by atoms with Gasteiger partial charge in [-0.2, -0.15) is 0 Å². The number of aromatic hydroxyl groups is 1. The van der Waals surface area contributed by atoms with Crippen LogP contribution in [0.1, 0.15) is 31.9 Å². The highest BCUT2D eigenvalue weighted by molar-refractivity contribution is 5.97. The van der Waals surface area contributed by atoms with E-state index >= 15 is 0 Å². The lowest BCUT2D eigenvalue weighted by atomic mass is 9.98. The third-order valence-electron chi connectivity index (χ3n) is 4.90. The Morgan fingerprint density at radius 2 is 1.79 bits per heavy atom. The molecule has 0 bridgehead atoms. The van der Waals surface area contributed by atoms with Crippen molar-refractivity contribution in [3.8, 4) is 28.0 Å². The number of aromatic nitrogens is 3. The van der Waals surface area contributed by atoms with Crippen LogP contribution in [0, 0.1) is 5.92 Å². The normalized spacial score (nSPS) is 12.6. The number of hydrogen-bond donors (Lipinski definition) is 3. The Hall–Kier alpha value is -3.18. The van der Waals surface area contributed by atoms with Gasteiger partial charge < -0.3 is 15.2 Å². The number of aromatic amines is 1. The van der Waals surface area contributed by atoms with E-state index in [-0.39, 0.29) is 5.75 Å². The quantitative estimate of drug-likeness (QED) is 0.456. The van der Waals surface area contributed by atoms with Gasteiger partial charge in [0.05, 0.1) is 6.10 Å². The van der Waals surface area contributed by atoms with E-state index in [9.17, 15) is 10.2 Å². The van der Waals surface area contributed by atoms with Crippen molar-refractivity contribution in [2.45, 2.75) is 26.4 Å². The number of phenolic OH excluding ortho intramolecular Hbond substituents is 1. The first-order valence-electron chi connectivity index (χ1n) is 9.42. The maximum Gasteiger partial charge on any atom is 0.137 e. The maximum atomic E-state index is 10.4. The van der Waals surface area contributed by atoms with Gasteiger partial charge in [-0.3, -0.25) is 4.98 Å². The maximum absolute atomic E-state index is 10.4. The average molecular weight is 373 g/mol. The van der Waals surface area contributed by atoms with Crippen LogP contribution in [0.5, 0.6) is 5.75 Å². The zero-order chi connectivity index (χ0) is 19.7. The molecule has 4 rings (SSSR count). The standard InChI is InChI=1S/C23H23N3O2/c1-14(2)7-22(28)17-8-15(10-24-11-17)16-9-19-20(13-26-23(19)25-12-16)18-5-3-4-6-21(18)27/h3-6,8-14,22,27-28H,7H2,1-2H3,(H,25,26). The van der Waals surface area contributed by atoms with Crippen molar-refractivity contribution in [2.75, 3.05) is 0 Å². The third kappa shape index (κ3) is 3.49. The summed E-state index contributed by atoms with van der Waals surface area (Å²) in [5.74, 6) is 0.631. The summed E-state index contributed by atoms with van der Waals surface area (Å²) in [4.78, 5) is 12.0. The van der Waals surface area contributed by atoms with Crippen LogP contribution in [0.15, 0.2) is 61.2 Å². The molecular formula is C23H23N3O2. The minimum atomic E-state index is -0.534. The second-order valence-electron chi connectivity index (χ2n) is 7.49. The van der Waals surface area contributed by atoms with Gasteiger partial charge in [0.25, 0.3) is 0 Å². The second kappa shape index (κ2) is 7.44. The highest BCUT2D eigenvalue weighted by Gasteiger charge is 2.14. The SMILES string of the molecule is CC(C)CC(O)c1cncc(-c2cnc3[nH]cc(-c4ccccc4O)c3c2)c1. The van der Waals surface area contributed by atoms with E-state index in [1.807, 2.05) is 30.5 Å². The molecule has 3 N–H and O–H groups in total. The number of nitrogens with zero attached hydrogens (tertiary/aromatic N) is 2. The number of hydrogen-bond acceptors (Lipinski definition) is 4. The van der Waals surface area contributed by atoms with Crippen LogP contribution in [-0.2, 0) is 0 Å². The van der Waals surface area contributed by atoms with Crippen LogP contribution in [0.4, 0.5) is 0 Å². The van der Waals surface area contributed by atoms with Gasteiger partial charge in [-0.05, 0) is 36.1 Å². The lowest BCUT2D eigenvalue weighted by molar-refractivity contribution is 0.150. The lowest BCUT2D eigenvalue weighted by Crippen LogP contribution is -2.02. The molecule has 142 valence electrons. The molecule has 0 aliphatic rings. The van der Waals surface area contributed by atoms with Gasteiger partial charge in [0.1, 0.15) is 11.4 Å². The fraction of sp³-hybridized carbons (Fsp3) is 0.217. The molecule has 0 aliphatic heterocycles. The van der Waals surface area contributed by atoms with Crippen molar-refractivity contribution in [1.29, 1.82) is 0 Å². The van der Waals surface area contributed by atoms with E-state index in [1.54, 1.807) is 30.7 Å². The minimum Gasteiger partial charge on any atom is -0.507 e. The Morgan fingerprint density at radius 3 is 2.57 bits per heavy atom. The summed E-state index contributed by atoms with van der Waals surface area (Å²) in [5, 5.41) is 21.6. The van der Waals surface area contributed by atoms with Gasteiger partial charge in [-0.1, -0.05) is 32.0 Å². The summed E-state index contributed by atoms with van der Waals surface area (Å²) in [5.41, 5.74) is 5.03. The van der Waals surface area contributed by atoms with Gasteiger partial charge in [-0.15, -0.1) is 0 Å². The topological polar surface area (TPSA) is 82.0 Å². The molecule has 5 nitrogen and oxygen atoms in total. The number of fused-ring (bicyclic) bond motifs is 1. The molecule has 0 fully saturated rings. The number of para-hydroxylation sites is 1. The highest BCUT2D eigenvalue weighted by atomic mass is 16.3. The minimum absolute atomic E-state index is 0.231. The number of aliphatic hydroxyl groups excluding tert-OH is 1. The molecule has 1 unspecified atom stereocenters. The molecular weight excluding hydrogens is 350 g/mol. The molecule has 1 aromatic carbocycles. The predicted molar refractivity (Wildman–Crippen MR) is 111 cm³/mol. The molecule has 0 radical (unpaired) electrons. The van der Waals surface area contributed by atoms with Crippen LogP contribution in [-0.4, -0.2) is 25.2 Å². The summed E-state index contributed by atoms with van der Waals surface area (Å²) >= 11 is 0. The number of phenols is 1. The molecule has 0 saturated carbocycles. The van der Waals surface area contributed by atoms with Crippen molar-refractivity contribution in [3.63, 3.8) is 0 Å². The summed E-state index contributed by atoms with van der Waals surface area (Å²) in [6.07, 6.45) is 7.30. The number of pyridine rings is 2. The monoisotopic (exact) mass is 373 g/mol. The molecule has 3 heterocycles. The smallest absolute Gasteiger partial charge is 0.137 e. The third-order valence-corrected chi connectivity index (χ3v) is 4.90. The Morgan fingerprint density at radius 1 is 1.00 bits per heavy atom. The van der Waals surface area contributed by atoms with E-state index in [2.05, 4.69) is 28.8 Å². The van der Waals surface area contributed by atoms with E-state index in [1.165, 1.54) is 0 Å². The molecule has 5 heteroatoms. The average Bonchev–Trinajstić information content (AvgIpc) is 3.11. The number of aliphatic hydroxyl groups is 1. The van der Waals surface area contributed by atoms with Crippen molar-refractivity contribution in [2.24, 2.45) is 5.92 Å². The Kier molecular flexibility index (Phi) is 4.84. The fourth-order valence-electron chi connectivity index (χ4n) is 3.47. The second-order valence-corrected chi connectivity index (χ2v) is 7.49. The largest absolute Gasteiger partial charge is 0.507 e. The van der Waals surface area contributed by atoms with E-state index in [0.717, 1.165) is 38.9 Å². The van der Waals surface area contributed by atoms with Crippen molar-refractivity contribution >= 4 is 11.0 Å². The van der Waals surface area contributed by atoms with Gasteiger partial charge in [0.15, 0.2) is 0 Å². The number of rotatable bonds is 5. The van der Waals surface area contributed by atoms with Crippen LogP contribution in [0.2, 0.25) is 0 Å². The molecule has 1 atom stereocenters. The van der Waals surface area contributed by atoms with Crippen LogP contribution >= 0.6 is 0 Å². The molecule has 0 saturated heterocycles. The Bertz CT molecular complexity index is 1120. The van der Waals surface area contributed by atoms with Crippen LogP contribution < -0.4 is 0 Å². The summed E-state index contributed by atoms with van der Waals surface area (Å²) < 4.78 is 0. The van der Waals surface area contributed by atoms with E-state index in [4.69, 9.17) is 0 Å². The fourth-order valence-corrected chi connectivity index (χ4v) is 3.47. The van der Waals surface area contributed by atoms with Gasteiger partial charge in [0.2, 0.25) is 0 Å². The predicted octanol–water partition coefficient (Wildman–Crippen LogP) is 5.08. The lowest BCUT2D eigenvalue weighted by Gasteiger charge is -2.14. The molecule has 3 aromatic heterocycles. The van der Waals surface area contributed by atoms with Crippen LogP contribution in [0.3, 0.4) is 0 Å². The summed E-state index contributed by atoms with van der Waals surface area (Å²) in [6.45, 7) is 4.18. The van der Waals surface area contributed by atoms with Gasteiger partial charge >= 0.3 is 0 Å². The molecule has 4 aromatic rings. The van der Waals surface area contributed by atoms with E-state index in [0.29, 0.717) is 12.3 Å². The van der Waals surface area contributed by atoms with Crippen molar-refractivity contribution in [1.82, 2.24) is 15.0 Å². The molecule has 0 aliphatic carbocycles. The summed E-state index contributed by atoms with van der Waals surface area (Å²) in [7, 11) is 0. The van der Waals surface area contributed by atoms with Crippen LogP contribution in [0.25, 0.3) is 33.3 Å². The first kappa shape index (κ1) is 18.2. The number of benzene rings is 1. The Labute approximate surface area is 163 Å². The number of nitrogens with one attached hydrogen (secondary N) is 1. The highest BCUT2D eigenvalue weighted by Crippen LogP contribution is 2.35. The zero-order valence-corrected chi connectivity index (χ0v) is 15.9. The Balaban J connectivity index is 1.77. The van der Waals surface area contributed by atoms with Gasteiger partial charge in [-0.25, -0.2) is 4.98 Å². The molecule has 0 spiro atoms. The first-order chi connectivity index (χ1) is 13.5. The van der Waals surface area contributed by atoms with Gasteiger partial charge in [0, 0.05) is 52.4 Å². The molecule has 0 amide bonds. The molecule has 28 heavy (non-hydrogen) atoms. The number of H-pyrrole nitrogens is 1. The van der Waals surface area contributed by atoms with Crippen molar-refractivity contribution in [3.05, 3.63) is 66.7 Å².